The van der Waals surface area contributed by atoms with Gasteiger partial charge in [0.2, 0.25) is 0 Å². The molecule has 2 rings (SSSR count). The SMILES string of the molecule is CCOc1ccccc1/C=N/NC(=O)c1cc(Cl)ccc1OC. The van der Waals surface area contributed by atoms with E-state index in [4.69, 9.17) is 21.1 Å². The Labute approximate surface area is 139 Å². The quantitative estimate of drug-likeness (QED) is 0.650. The number of amides is 1. The Hall–Kier alpha value is -2.53. The summed E-state index contributed by atoms with van der Waals surface area (Å²) in [6.07, 6.45) is 1.53. The molecule has 6 heteroatoms. The molecule has 1 N–H and O–H groups in total. The van der Waals surface area contributed by atoms with E-state index in [9.17, 15) is 4.79 Å². The number of halogens is 1. The van der Waals surface area contributed by atoms with Crippen molar-refractivity contribution >= 4 is 23.7 Å². The largest absolute Gasteiger partial charge is 0.496 e. The molecule has 0 atom stereocenters. The van der Waals surface area contributed by atoms with Gasteiger partial charge in [-0.1, -0.05) is 23.7 Å². The number of methoxy groups -OCH3 is 1. The summed E-state index contributed by atoms with van der Waals surface area (Å²) < 4.78 is 10.6. The molecule has 0 spiro atoms. The van der Waals surface area contributed by atoms with Crippen molar-refractivity contribution < 1.29 is 14.3 Å². The number of carbonyl (C=O) groups excluding carboxylic acids is 1. The van der Waals surface area contributed by atoms with Gasteiger partial charge in [0.25, 0.3) is 5.91 Å². The summed E-state index contributed by atoms with van der Waals surface area (Å²) in [6, 6.07) is 12.2. The third-order valence-corrected chi connectivity index (χ3v) is 3.23. The Morgan fingerprint density at radius 3 is 2.78 bits per heavy atom. The van der Waals surface area contributed by atoms with Gasteiger partial charge in [-0.25, -0.2) is 5.43 Å². The van der Waals surface area contributed by atoms with Crippen LogP contribution in [-0.2, 0) is 0 Å². The highest BCUT2D eigenvalue weighted by molar-refractivity contribution is 6.31. The first kappa shape index (κ1) is 16.8. The first-order valence-electron chi connectivity index (χ1n) is 7.04. The van der Waals surface area contributed by atoms with Crippen molar-refractivity contribution in [1.29, 1.82) is 0 Å². The maximum atomic E-state index is 12.2. The number of hydrogen-bond donors (Lipinski definition) is 1. The van der Waals surface area contributed by atoms with Gasteiger partial charge in [0.05, 0.1) is 25.5 Å². The molecule has 23 heavy (non-hydrogen) atoms. The second kappa shape index (κ2) is 8.19. The van der Waals surface area contributed by atoms with Crippen molar-refractivity contribution in [3.05, 3.63) is 58.6 Å². The number of hydrogen-bond acceptors (Lipinski definition) is 4. The standard InChI is InChI=1S/C17H17ClN2O3/c1-3-23-15-7-5-4-6-12(15)11-19-20-17(21)14-10-13(18)8-9-16(14)22-2/h4-11H,3H2,1-2H3,(H,20,21)/b19-11+. The average Bonchev–Trinajstić information content (AvgIpc) is 2.56. The van der Waals surface area contributed by atoms with Crippen LogP contribution in [0.25, 0.3) is 0 Å². The highest BCUT2D eigenvalue weighted by atomic mass is 35.5. The fourth-order valence-corrected chi connectivity index (χ4v) is 2.12. The lowest BCUT2D eigenvalue weighted by Gasteiger charge is -2.08. The Kier molecular flexibility index (Phi) is 6.00. The number of para-hydroxylation sites is 1. The summed E-state index contributed by atoms with van der Waals surface area (Å²) in [6.45, 7) is 2.46. The van der Waals surface area contributed by atoms with Crippen LogP contribution >= 0.6 is 11.6 Å². The fourth-order valence-electron chi connectivity index (χ4n) is 1.95. The molecule has 0 saturated carbocycles. The lowest BCUT2D eigenvalue weighted by molar-refractivity contribution is 0.0952. The molecule has 2 aromatic carbocycles. The predicted molar refractivity (Wildman–Crippen MR) is 90.7 cm³/mol. The number of rotatable bonds is 6. The third-order valence-electron chi connectivity index (χ3n) is 2.99. The van der Waals surface area contributed by atoms with Gasteiger partial charge >= 0.3 is 0 Å². The van der Waals surface area contributed by atoms with Gasteiger partial charge in [0, 0.05) is 10.6 Å². The van der Waals surface area contributed by atoms with E-state index in [1.165, 1.54) is 19.4 Å². The van der Waals surface area contributed by atoms with Crippen LogP contribution in [-0.4, -0.2) is 25.8 Å². The minimum Gasteiger partial charge on any atom is -0.496 e. The summed E-state index contributed by atoms with van der Waals surface area (Å²) >= 11 is 5.91. The van der Waals surface area contributed by atoms with E-state index in [1.54, 1.807) is 12.1 Å². The molecular weight excluding hydrogens is 316 g/mol. The molecule has 0 heterocycles. The topological polar surface area (TPSA) is 59.9 Å². The Bertz CT molecular complexity index is 717. The second-order valence-corrected chi connectivity index (χ2v) is 4.95. The van der Waals surface area contributed by atoms with Gasteiger partial charge < -0.3 is 9.47 Å². The summed E-state index contributed by atoms with van der Waals surface area (Å²) in [5.41, 5.74) is 3.54. The second-order valence-electron chi connectivity index (χ2n) is 4.51. The lowest BCUT2D eigenvalue weighted by Crippen LogP contribution is -2.18. The van der Waals surface area contributed by atoms with Gasteiger partial charge in [0.1, 0.15) is 11.5 Å². The van der Waals surface area contributed by atoms with Crippen LogP contribution in [0.15, 0.2) is 47.6 Å². The Morgan fingerprint density at radius 1 is 1.26 bits per heavy atom. The van der Waals surface area contributed by atoms with Gasteiger partial charge in [-0.15, -0.1) is 0 Å². The summed E-state index contributed by atoms with van der Waals surface area (Å²) in [5.74, 6) is 0.722. The molecule has 0 aliphatic rings. The molecule has 0 bridgehead atoms. The normalized spacial score (nSPS) is 10.6. The van der Waals surface area contributed by atoms with E-state index >= 15 is 0 Å². The molecule has 0 unspecified atom stereocenters. The molecule has 0 radical (unpaired) electrons. The smallest absolute Gasteiger partial charge is 0.275 e. The summed E-state index contributed by atoms with van der Waals surface area (Å²) in [7, 11) is 1.49. The van der Waals surface area contributed by atoms with E-state index in [0.717, 1.165) is 5.56 Å². The molecule has 0 aromatic heterocycles. The summed E-state index contributed by atoms with van der Waals surface area (Å²) in [5, 5.41) is 4.41. The minimum atomic E-state index is -0.408. The van der Waals surface area contributed by atoms with Crippen LogP contribution in [0.1, 0.15) is 22.8 Å². The Morgan fingerprint density at radius 2 is 2.04 bits per heavy atom. The first-order valence-corrected chi connectivity index (χ1v) is 7.42. The molecule has 1 amide bonds. The van der Waals surface area contributed by atoms with Crippen LogP contribution in [0.4, 0.5) is 0 Å². The van der Waals surface area contributed by atoms with Crippen molar-refractivity contribution in [2.45, 2.75) is 6.92 Å². The van der Waals surface area contributed by atoms with E-state index in [1.807, 2.05) is 31.2 Å². The zero-order valence-corrected chi connectivity index (χ0v) is 13.6. The van der Waals surface area contributed by atoms with E-state index in [0.29, 0.717) is 28.7 Å². The molecule has 0 fully saturated rings. The van der Waals surface area contributed by atoms with Gasteiger partial charge in [-0.2, -0.15) is 5.10 Å². The molecule has 5 nitrogen and oxygen atoms in total. The maximum Gasteiger partial charge on any atom is 0.275 e. The van der Waals surface area contributed by atoms with Crippen LogP contribution in [0.2, 0.25) is 5.02 Å². The number of nitrogens with zero attached hydrogens (tertiary/aromatic N) is 1. The van der Waals surface area contributed by atoms with E-state index in [-0.39, 0.29) is 0 Å². The number of nitrogens with one attached hydrogen (secondary N) is 1. The molecule has 0 saturated heterocycles. The molecular formula is C17H17ClN2O3. The van der Waals surface area contributed by atoms with Crippen molar-refractivity contribution in [3.63, 3.8) is 0 Å². The number of carbonyl (C=O) groups is 1. The van der Waals surface area contributed by atoms with Crippen molar-refractivity contribution in [2.75, 3.05) is 13.7 Å². The number of hydrazone groups is 1. The maximum absolute atomic E-state index is 12.2. The predicted octanol–water partition coefficient (Wildman–Crippen LogP) is 3.51. The van der Waals surface area contributed by atoms with Crippen LogP contribution in [0.3, 0.4) is 0 Å². The molecule has 0 aliphatic carbocycles. The molecule has 120 valence electrons. The van der Waals surface area contributed by atoms with Crippen LogP contribution < -0.4 is 14.9 Å². The van der Waals surface area contributed by atoms with Crippen molar-refractivity contribution in [1.82, 2.24) is 5.43 Å². The number of ether oxygens (including phenoxy) is 2. The van der Waals surface area contributed by atoms with E-state index < -0.39 is 5.91 Å². The molecule has 2 aromatic rings. The van der Waals surface area contributed by atoms with Crippen LogP contribution in [0.5, 0.6) is 11.5 Å². The average molecular weight is 333 g/mol. The number of benzene rings is 2. The lowest BCUT2D eigenvalue weighted by atomic mass is 10.2. The van der Waals surface area contributed by atoms with Gasteiger partial charge in [-0.05, 0) is 37.3 Å². The van der Waals surface area contributed by atoms with Gasteiger partial charge in [-0.3, -0.25) is 4.79 Å². The van der Waals surface area contributed by atoms with Crippen LogP contribution in [0, 0.1) is 0 Å². The monoisotopic (exact) mass is 332 g/mol. The third kappa shape index (κ3) is 4.47. The zero-order chi connectivity index (χ0) is 16.7. The highest BCUT2D eigenvalue weighted by Crippen LogP contribution is 2.22. The van der Waals surface area contributed by atoms with E-state index in [2.05, 4.69) is 10.5 Å². The molecule has 0 aliphatic heterocycles. The zero-order valence-electron chi connectivity index (χ0n) is 12.9. The Balaban J connectivity index is 2.12. The minimum absolute atomic E-state index is 0.315. The first-order chi connectivity index (χ1) is 11.2. The fraction of sp³-hybridized carbons (Fsp3) is 0.176. The highest BCUT2D eigenvalue weighted by Gasteiger charge is 2.12. The van der Waals surface area contributed by atoms with Gasteiger partial charge in [0.15, 0.2) is 0 Å². The van der Waals surface area contributed by atoms with Crippen molar-refractivity contribution in [3.8, 4) is 11.5 Å². The summed E-state index contributed by atoms with van der Waals surface area (Å²) in [4.78, 5) is 12.2. The van der Waals surface area contributed by atoms with Crippen molar-refractivity contribution in [2.24, 2.45) is 5.10 Å².